The van der Waals surface area contributed by atoms with E-state index in [0.29, 0.717) is 33.3 Å². The standard InChI is InChI=1S/C26H20ClN3O5S/c1-34-21-11-6-15(12-16(21)14-35-22-5-3-2-4-19(22)23(28)31)13-20-24(32)29-26(36)30(25(20)33)18-9-7-17(27)8-10-18/h2-13H,14H2,1H3,(H2,28,31)(H,29,32,36). The number of carbonyl (C=O) groups is 3. The molecule has 0 aromatic heterocycles. The molecule has 0 radical (unpaired) electrons. The van der Waals surface area contributed by atoms with Crippen LogP contribution in [0.3, 0.4) is 0 Å². The third-order valence-electron chi connectivity index (χ3n) is 5.34. The molecule has 36 heavy (non-hydrogen) atoms. The van der Waals surface area contributed by atoms with Crippen molar-refractivity contribution in [2.24, 2.45) is 5.73 Å². The third-order valence-corrected chi connectivity index (χ3v) is 5.87. The Kier molecular flexibility index (Phi) is 7.33. The highest BCUT2D eigenvalue weighted by Crippen LogP contribution is 2.27. The van der Waals surface area contributed by atoms with Gasteiger partial charge in [-0.3, -0.25) is 24.6 Å². The molecule has 3 aromatic rings. The maximum absolute atomic E-state index is 13.2. The summed E-state index contributed by atoms with van der Waals surface area (Å²) >= 11 is 11.2. The van der Waals surface area contributed by atoms with E-state index in [9.17, 15) is 14.4 Å². The van der Waals surface area contributed by atoms with E-state index in [2.05, 4.69) is 5.32 Å². The molecule has 1 aliphatic rings. The molecule has 8 nitrogen and oxygen atoms in total. The summed E-state index contributed by atoms with van der Waals surface area (Å²) in [5, 5.41) is 3.02. The molecule has 0 saturated carbocycles. The van der Waals surface area contributed by atoms with Crippen LogP contribution in [0.25, 0.3) is 6.08 Å². The largest absolute Gasteiger partial charge is 0.496 e. The molecular formula is C26H20ClN3O5S. The van der Waals surface area contributed by atoms with E-state index < -0.39 is 17.7 Å². The zero-order chi connectivity index (χ0) is 25.8. The van der Waals surface area contributed by atoms with Crippen LogP contribution in [-0.2, 0) is 16.2 Å². The smallest absolute Gasteiger partial charge is 0.270 e. The second-order valence-corrected chi connectivity index (χ2v) is 8.48. The molecule has 182 valence electrons. The van der Waals surface area contributed by atoms with Crippen LogP contribution < -0.4 is 25.4 Å². The number of ether oxygens (including phenoxy) is 2. The van der Waals surface area contributed by atoms with Crippen molar-refractivity contribution in [1.82, 2.24) is 5.32 Å². The molecule has 1 fully saturated rings. The molecule has 1 saturated heterocycles. The van der Waals surface area contributed by atoms with Gasteiger partial charge in [0.2, 0.25) is 0 Å². The van der Waals surface area contributed by atoms with Gasteiger partial charge in [-0.15, -0.1) is 0 Å². The predicted octanol–water partition coefficient (Wildman–Crippen LogP) is 3.86. The summed E-state index contributed by atoms with van der Waals surface area (Å²) in [5.41, 5.74) is 7.22. The fourth-order valence-electron chi connectivity index (χ4n) is 3.60. The Morgan fingerprint density at radius 3 is 2.50 bits per heavy atom. The first-order chi connectivity index (χ1) is 17.3. The number of nitrogens with two attached hydrogens (primary N) is 1. The quantitative estimate of drug-likeness (QED) is 0.277. The fraction of sp³-hybridized carbons (Fsp3) is 0.0769. The minimum atomic E-state index is -0.612. The van der Waals surface area contributed by atoms with Crippen molar-refractivity contribution >= 4 is 58.4 Å². The molecule has 0 aliphatic carbocycles. The number of hydrogen-bond donors (Lipinski definition) is 2. The first kappa shape index (κ1) is 24.9. The first-order valence-corrected chi connectivity index (χ1v) is 11.4. The van der Waals surface area contributed by atoms with Gasteiger partial charge in [0.25, 0.3) is 17.7 Å². The van der Waals surface area contributed by atoms with Gasteiger partial charge < -0.3 is 15.2 Å². The normalized spacial score (nSPS) is 14.6. The summed E-state index contributed by atoms with van der Waals surface area (Å²) in [6, 6.07) is 18.2. The van der Waals surface area contributed by atoms with Gasteiger partial charge in [0.1, 0.15) is 23.7 Å². The molecule has 1 aliphatic heterocycles. The van der Waals surface area contributed by atoms with Crippen LogP contribution in [0.15, 0.2) is 72.3 Å². The molecule has 0 atom stereocenters. The fourth-order valence-corrected chi connectivity index (χ4v) is 4.01. The number of primary amides is 1. The van der Waals surface area contributed by atoms with Crippen molar-refractivity contribution in [2.75, 3.05) is 12.0 Å². The molecule has 0 spiro atoms. The Morgan fingerprint density at radius 2 is 1.81 bits per heavy atom. The average molecular weight is 522 g/mol. The number of hydrogen-bond acceptors (Lipinski definition) is 6. The molecule has 3 N–H and O–H groups in total. The zero-order valence-corrected chi connectivity index (χ0v) is 20.6. The highest BCUT2D eigenvalue weighted by molar-refractivity contribution is 7.80. The number of para-hydroxylation sites is 1. The van der Waals surface area contributed by atoms with E-state index >= 15 is 0 Å². The predicted molar refractivity (Wildman–Crippen MR) is 140 cm³/mol. The Morgan fingerprint density at radius 1 is 1.08 bits per heavy atom. The Bertz CT molecular complexity index is 1400. The zero-order valence-electron chi connectivity index (χ0n) is 19.0. The number of thiocarbonyl (C=S) groups is 1. The van der Waals surface area contributed by atoms with E-state index in [4.69, 9.17) is 39.0 Å². The Hall–Kier alpha value is -4.21. The number of methoxy groups -OCH3 is 1. The maximum Gasteiger partial charge on any atom is 0.270 e. The summed E-state index contributed by atoms with van der Waals surface area (Å²) in [6.45, 7) is 0.0472. The lowest BCUT2D eigenvalue weighted by Crippen LogP contribution is -2.54. The van der Waals surface area contributed by atoms with Gasteiger partial charge in [0.15, 0.2) is 5.11 Å². The maximum atomic E-state index is 13.2. The van der Waals surface area contributed by atoms with Crippen molar-refractivity contribution in [2.45, 2.75) is 6.61 Å². The van der Waals surface area contributed by atoms with Crippen molar-refractivity contribution in [3.63, 3.8) is 0 Å². The van der Waals surface area contributed by atoms with Gasteiger partial charge in [-0.05, 0) is 72.4 Å². The van der Waals surface area contributed by atoms with Crippen LogP contribution in [0.2, 0.25) is 5.02 Å². The van der Waals surface area contributed by atoms with Crippen LogP contribution in [-0.4, -0.2) is 29.9 Å². The number of benzene rings is 3. The molecule has 4 rings (SSSR count). The van der Waals surface area contributed by atoms with Crippen LogP contribution in [0.1, 0.15) is 21.5 Å². The van der Waals surface area contributed by atoms with Gasteiger partial charge in [-0.2, -0.15) is 0 Å². The highest BCUT2D eigenvalue weighted by atomic mass is 35.5. The molecule has 3 amide bonds. The Balaban J connectivity index is 1.64. The molecular weight excluding hydrogens is 502 g/mol. The molecule has 1 heterocycles. The van der Waals surface area contributed by atoms with Gasteiger partial charge in [0, 0.05) is 10.6 Å². The average Bonchev–Trinajstić information content (AvgIpc) is 2.86. The number of nitrogens with zero attached hydrogens (tertiary/aromatic N) is 1. The van der Waals surface area contributed by atoms with E-state index in [1.165, 1.54) is 18.1 Å². The monoisotopic (exact) mass is 521 g/mol. The SMILES string of the molecule is COc1ccc(C=C2C(=O)NC(=S)N(c3ccc(Cl)cc3)C2=O)cc1COc1ccccc1C(N)=O. The van der Waals surface area contributed by atoms with E-state index in [1.807, 2.05) is 0 Å². The van der Waals surface area contributed by atoms with Gasteiger partial charge in [-0.25, -0.2) is 0 Å². The highest BCUT2D eigenvalue weighted by Gasteiger charge is 2.34. The van der Waals surface area contributed by atoms with Crippen molar-refractivity contribution < 1.29 is 23.9 Å². The lowest BCUT2D eigenvalue weighted by Gasteiger charge is -2.29. The van der Waals surface area contributed by atoms with Crippen molar-refractivity contribution in [1.29, 1.82) is 0 Å². The third kappa shape index (κ3) is 5.22. The van der Waals surface area contributed by atoms with Crippen molar-refractivity contribution in [3.8, 4) is 11.5 Å². The summed E-state index contributed by atoms with van der Waals surface area (Å²) in [7, 11) is 1.51. The summed E-state index contributed by atoms with van der Waals surface area (Å²) in [5.74, 6) is -0.947. The molecule has 3 aromatic carbocycles. The minimum absolute atomic E-state index is 0.0265. The lowest BCUT2D eigenvalue weighted by molar-refractivity contribution is -0.122. The molecule has 10 heteroatoms. The van der Waals surface area contributed by atoms with Crippen molar-refractivity contribution in [3.05, 3.63) is 94.0 Å². The number of anilines is 1. The van der Waals surface area contributed by atoms with Gasteiger partial charge >= 0.3 is 0 Å². The van der Waals surface area contributed by atoms with Crippen LogP contribution in [0, 0.1) is 0 Å². The second-order valence-electron chi connectivity index (χ2n) is 7.65. The van der Waals surface area contributed by atoms with Gasteiger partial charge in [-0.1, -0.05) is 29.8 Å². The van der Waals surface area contributed by atoms with Crippen LogP contribution >= 0.6 is 23.8 Å². The van der Waals surface area contributed by atoms with E-state index in [-0.39, 0.29) is 22.9 Å². The van der Waals surface area contributed by atoms with Crippen LogP contribution in [0.4, 0.5) is 5.69 Å². The summed E-state index contributed by atoms with van der Waals surface area (Å²) < 4.78 is 11.3. The van der Waals surface area contributed by atoms with E-state index in [1.54, 1.807) is 66.7 Å². The number of carbonyl (C=O) groups excluding carboxylic acids is 3. The minimum Gasteiger partial charge on any atom is -0.496 e. The lowest BCUT2D eigenvalue weighted by atomic mass is 10.0. The summed E-state index contributed by atoms with van der Waals surface area (Å²) in [4.78, 5) is 38.8. The van der Waals surface area contributed by atoms with Crippen LogP contribution in [0.5, 0.6) is 11.5 Å². The first-order valence-electron chi connectivity index (χ1n) is 10.6. The molecule has 0 bridgehead atoms. The van der Waals surface area contributed by atoms with Gasteiger partial charge in [0.05, 0.1) is 18.4 Å². The number of halogens is 1. The second kappa shape index (κ2) is 10.6. The summed E-state index contributed by atoms with van der Waals surface area (Å²) in [6.07, 6.45) is 1.46. The number of rotatable bonds is 7. The molecule has 0 unspecified atom stereocenters. The number of amides is 3. The van der Waals surface area contributed by atoms with E-state index in [0.717, 1.165) is 0 Å². The Labute approximate surface area is 217 Å². The number of nitrogens with one attached hydrogen (secondary N) is 1. The topological polar surface area (TPSA) is 111 Å².